The number of carbonyl (C=O) groups excluding carboxylic acids is 1. The van der Waals surface area contributed by atoms with Crippen LogP contribution in [0.5, 0.6) is 5.75 Å². The van der Waals surface area contributed by atoms with E-state index in [1.165, 1.54) is 0 Å². The highest BCUT2D eigenvalue weighted by molar-refractivity contribution is 5.77. The molecular formula is C15H21NO3. The van der Waals surface area contributed by atoms with Crippen LogP contribution < -0.4 is 0 Å². The van der Waals surface area contributed by atoms with Crippen molar-refractivity contribution in [2.24, 2.45) is 0 Å². The number of aromatic hydroxyl groups is 1. The van der Waals surface area contributed by atoms with Gasteiger partial charge in [-0.25, -0.2) is 0 Å². The number of rotatable bonds is 4. The standard InChI is InChI=1S/C15H21NO3/c1-11(12-5-7-13(17)8-6-12)16(2)15(18)10-14-4-3-9-19-14/h5-8,11,14,17H,3-4,9-10H2,1-2H3. The molecular weight excluding hydrogens is 242 g/mol. The van der Waals surface area contributed by atoms with Crippen molar-refractivity contribution >= 4 is 5.91 Å². The Hall–Kier alpha value is -1.55. The third-order valence-corrected chi connectivity index (χ3v) is 3.78. The number of nitrogens with zero attached hydrogens (tertiary/aromatic N) is 1. The molecule has 0 spiro atoms. The Kier molecular flexibility index (Phi) is 4.43. The minimum absolute atomic E-state index is 0.00509. The maximum absolute atomic E-state index is 12.2. The molecule has 0 saturated carbocycles. The number of amides is 1. The number of hydrogen-bond donors (Lipinski definition) is 1. The van der Waals surface area contributed by atoms with Gasteiger partial charge in [-0.1, -0.05) is 12.1 Å². The molecule has 1 fully saturated rings. The Bertz CT molecular complexity index is 424. The first-order chi connectivity index (χ1) is 9.08. The van der Waals surface area contributed by atoms with Crippen LogP contribution in [0.2, 0.25) is 0 Å². The van der Waals surface area contributed by atoms with E-state index in [4.69, 9.17) is 4.74 Å². The summed E-state index contributed by atoms with van der Waals surface area (Å²) < 4.78 is 5.49. The molecule has 4 nitrogen and oxygen atoms in total. The third kappa shape index (κ3) is 3.47. The largest absolute Gasteiger partial charge is 0.508 e. The van der Waals surface area contributed by atoms with Crippen LogP contribution in [0.3, 0.4) is 0 Å². The number of ether oxygens (including phenoxy) is 1. The number of hydrogen-bond acceptors (Lipinski definition) is 3. The zero-order valence-electron chi connectivity index (χ0n) is 11.5. The van der Waals surface area contributed by atoms with Gasteiger partial charge in [-0.2, -0.15) is 0 Å². The SMILES string of the molecule is CC(c1ccc(O)cc1)N(C)C(=O)CC1CCCO1. The van der Waals surface area contributed by atoms with E-state index >= 15 is 0 Å². The van der Waals surface area contributed by atoms with Crippen LogP contribution in [0, 0.1) is 0 Å². The van der Waals surface area contributed by atoms with Crippen LogP contribution in [0.15, 0.2) is 24.3 Å². The fraction of sp³-hybridized carbons (Fsp3) is 0.533. The third-order valence-electron chi connectivity index (χ3n) is 3.78. The molecule has 104 valence electrons. The summed E-state index contributed by atoms with van der Waals surface area (Å²) in [5, 5.41) is 9.28. The molecule has 1 aromatic carbocycles. The molecule has 1 aliphatic heterocycles. The Balaban J connectivity index is 1.95. The van der Waals surface area contributed by atoms with Gasteiger partial charge in [0.05, 0.1) is 18.6 Å². The molecule has 19 heavy (non-hydrogen) atoms. The molecule has 0 aliphatic carbocycles. The molecule has 1 amide bonds. The zero-order valence-corrected chi connectivity index (χ0v) is 11.5. The molecule has 4 heteroatoms. The van der Waals surface area contributed by atoms with E-state index < -0.39 is 0 Å². The molecule has 1 aromatic rings. The van der Waals surface area contributed by atoms with Gasteiger partial charge in [-0.15, -0.1) is 0 Å². The molecule has 0 aromatic heterocycles. The van der Waals surface area contributed by atoms with Crippen molar-refractivity contribution in [2.75, 3.05) is 13.7 Å². The van der Waals surface area contributed by atoms with Crippen molar-refractivity contribution < 1.29 is 14.6 Å². The van der Waals surface area contributed by atoms with Crippen LogP contribution in [0.4, 0.5) is 0 Å². The summed E-state index contributed by atoms with van der Waals surface area (Å²) in [5.74, 6) is 0.344. The fourth-order valence-corrected chi connectivity index (χ4v) is 2.34. The summed E-state index contributed by atoms with van der Waals surface area (Å²) in [6, 6.07) is 6.97. The van der Waals surface area contributed by atoms with Crippen LogP contribution in [0.1, 0.15) is 37.8 Å². The Morgan fingerprint density at radius 2 is 2.16 bits per heavy atom. The van der Waals surface area contributed by atoms with Crippen LogP contribution >= 0.6 is 0 Å². The smallest absolute Gasteiger partial charge is 0.225 e. The van der Waals surface area contributed by atoms with Crippen LogP contribution in [-0.4, -0.2) is 35.7 Å². The lowest BCUT2D eigenvalue weighted by Gasteiger charge is -2.26. The molecule has 2 unspecified atom stereocenters. The van der Waals surface area contributed by atoms with Crippen molar-refractivity contribution in [3.8, 4) is 5.75 Å². The predicted octanol–water partition coefficient (Wildman–Crippen LogP) is 2.48. The highest BCUT2D eigenvalue weighted by Crippen LogP contribution is 2.23. The van der Waals surface area contributed by atoms with E-state index in [1.54, 1.807) is 17.0 Å². The minimum Gasteiger partial charge on any atom is -0.508 e. The van der Waals surface area contributed by atoms with Crippen molar-refractivity contribution in [2.45, 2.75) is 38.3 Å². The van der Waals surface area contributed by atoms with Gasteiger partial charge in [-0.3, -0.25) is 4.79 Å². The second-order valence-electron chi connectivity index (χ2n) is 5.11. The first kappa shape index (κ1) is 13.9. The molecule has 2 rings (SSSR count). The number of phenolic OH excluding ortho intramolecular Hbond substituents is 1. The summed E-state index contributed by atoms with van der Waals surface area (Å²) in [4.78, 5) is 13.9. The summed E-state index contributed by atoms with van der Waals surface area (Å²) >= 11 is 0. The van der Waals surface area contributed by atoms with Crippen LogP contribution in [-0.2, 0) is 9.53 Å². The lowest BCUT2D eigenvalue weighted by Crippen LogP contribution is -2.32. The highest BCUT2D eigenvalue weighted by Gasteiger charge is 2.23. The van der Waals surface area contributed by atoms with Crippen molar-refractivity contribution in [1.82, 2.24) is 4.90 Å². The Morgan fingerprint density at radius 3 is 2.74 bits per heavy atom. The maximum Gasteiger partial charge on any atom is 0.225 e. The van der Waals surface area contributed by atoms with E-state index in [1.807, 2.05) is 26.1 Å². The van der Waals surface area contributed by atoms with Gasteiger partial charge in [0.25, 0.3) is 0 Å². The van der Waals surface area contributed by atoms with E-state index in [0.717, 1.165) is 25.0 Å². The molecule has 0 radical (unpaired) electrons. The monoisotopic (exact) mass is 263 g/mol. The molecule has 1 heterocycles. The molecule has 1 N–H and O–H groups in total. The minimum atomic E-state index is -0.00509. The molecule has 1 saturated heterocycles. The molecule has 2 atom stereocenters. The average Bonchev–Trinajstić information content (AvgIpc) is 2.90. The van der Waals surface area contributed by atoms with E-state index in [-0.39, 0.29) is 23.8 Å². The summed E-state index contributed by atoms with van der Waals surface area (Å²) in [6.07, 6.45) is 2.57. The van der Waals surface area contributed by atoms with Gasteiger partial charge in [0, 0.05) is 13.7 Å². The molecule has 0 bridgehead atoms. The summed E-state index contributed by atoms with van der Waals surface area (Å²) in [6.45, 7) is 2.76. The average molecular weight is 263 g/mol. The fourth-order valence-electron chi connectivity index (χ4n) is 2.34. The lowest BCUT2D eigenvalue weighted by molar-refractivity contribution is -0.134. The second-order valence-corrected chi connectivity index (χ2v) is 5.11. The second kappa shape index (κ2) is 6.06. The summed E-state index contributed by atoms with van der Waals surface area (Å²) in [5.41, 5.74) is 1.01. The molecule has 1 aliphatic rings. The van der Waals surface area contributed by atoms with Gasteiger partial charge < -0.3 is 14.7 Å². The quantitative estimate of drug-likeness (QED) is 0.908. The lowest BCUT2D eigenvalue weighted by atomic mass is 10.1. The van der Waals surface area contributed by atoms with Gasteiger partial charge in [-0.05, 0) is 37.5 Å². The van der Waals surface area contributed by atoms with Gasteiger partial charge >= 0.3 is 0 Å². The van der Waals surface area contributed by atoms with Gasteiger partial charge in [0.2, 0.25) is 5.91 Å². The summed E-state index contributed by atoms with van der Waals surface area (Å²) in [7, 11) is 1.81. The Labute approximate surface area is 114 Å². The van der Waals surface area contributed by atoms with Crippen molar-refractivity contribution in [1.29, 1.82) is 0 Å². The van der Waals surface area contributed by atoms with Crippen LogP contribution in [0.25, 0.3) is 0 Å². The van der Waals surface area contributed by atoms with Gasteiger partial charge in [0.15, 0.2) is 0 Å². The number of benzene rings is 1. The Morgan fingerprint density at radius 1 is 1.47 bits per heavy atom. The first-order valence-corrected chi connectivity index (χ1v) is 6.74. The zero-order chi connectivity index (χ0) is 13.8. The number of phenols is 1. The van der Waals surface area contributed by atoms with E-state index in [0.29, 0.717) is 6.42 Å². The number of carbonyl (C=O) groups is 1. The van der Waals surface area contributed by atoms with Crippen molar-refractivity contribution in [3.05, 3.63) is 29.8 Å². The topological polar surface area (TPSA) is 49.8 Å². The predicted molar refractivity (Wildman–Crippen MR) is 72.9 cm³/mol. The van der Waals surface area contributed by atoms with E-state index in [2.05, 4.69) is 0 Å². The van der Waals surface area contributed by atoms with Crippen molar-refractivity contribution in [3.63, 3.8) is 0 Å². The van der Waals surface area contributed by atoms with Gasteiger partial charge in [0.1, 0.15) is 5.75 Å². The highest BCUT2D eigenvalue weighted by atomic mass is 16.5. The first-order valence-electron chi connectivity index (χ1n) is 6.74. The maximum atomic E-state index is 12.2. The van der Waals surface area contributed by atoms with E-state index in [9.17, 15) is 9.90 Å². The normalized spacial score (nSPS) is 20.2.